The van der Waals surface area contributed by atoms with Crippen molar-refractivity contribution in [3.05, 3.63) is 60.3 Å². The van der Waals surface area contributed by atoms with Crippen LogP contribution in [-0.2, 0) is 16.6 Å². The van der Waals surface area contributed by atoms with Crippen molar-refractivity contribution >= 4 is 28.4 Å². The molecule has 140 valence electrons. The van der Waals surface area contributed by atoms with Crippen LogP contribution in [0.3, 0.4) is 0 Å². The van der Waals surface area contributed by atoms with Gasteiger partial charge in [0.05, 0.1) is 13.2 Å². The molecule has 0 radical (unpaired) electrons. The van der Waals surface area contributed by atoms with E-state index in [0.717, 1.165) is 10.9 Å². The topological polar surface area (TPSA) is 92.6 Å². The third-order valence-corrected chi connectivity index (χ3v) is 4.30. The molecule has 0 spiro atoms. The predicted molar refractivity (Wildman–Crippen MR) is 103 cm³/mol. The van der Waals surface area contributed by atoms with Crippen LogP contribution in [0, 0.1) is 0 Å². The molecule has 1 aromatic heterocycles. The predicted octanol–water partition coefficient (Wildman–Crippen LogP) is 1.98. The monoisotopic (exact) mass is 367 g/mol. The summed E-state index contributed by atoms with van der Waals surface area (Å²) < 4.78 is 6.95. The largest absolute Gasteiger partial charge is 0.497 e. The Morgan fingerprint density at radius 1 is 1.11 bits per heavy atom. The lowest BCUT2D eigenvalue weighted by Gasteiger charge is -2.11. The van der Waals surface area contributed by atoms with Gasteiger partial charge in [-0.15, -0.1) is 0 Å². The van der Waals surface area contributed by atoms with Crippen molar-refractivity contribution in [2.45, 2.75) is 6.10 Å². The average molecular weight is 367 g/mol. The minimum Gasteiger partial charge on any atom is -0.497 e. The summed E-state index contributed by atoms with van der Waals surface area (Å²) in [7, 11) is 3.43. The van der Waals surface area contributed by atoms with Gasteiger partial charge in [0.15, 0.2) is 0 Å². The summed E-state index contributed by atoms with van der Waals surface area (Å²) in [5.74, 6) is -0.967. The molecule has 1 heterocycles. The number of carbonyl (C=O) groups is 2. The molecule has 27 heavy (non-hydrogen) atoms. The minimum absolute atomic E-state index is 0.0666. The van der Waals surface area contributed by atoms with Crippen LogP contribution in [0.5, 0.6) is 5.75 Å². The summed E-state index contributed by atoms with van der Waals surface area (Å²) in [4.78, 5) is 24.0. The highest BCUT2D eigenvalue weighted by Gasteiger charge is 2.18. The zero-order valence-corrected chi connectivity index (χ0v) is 15.1. The zero-order valence-electron chi connectivity index (χ0n) is 15.1. The van der Waals surface area contributed by atoms with Gasteiger partial charge in [0.2, 0.25) is 0 Å². The summed E-state index contributed by atoms with van der Waals surface area (Å²) in [5.41, 5.74) is 2.16. The number of amides is 2. The molecule has 3 N–H and O–H groups in total. The Morgan fingerprint density at radius 2 is 1.81 bits per heavy atom. The number of fused-ring (bicyclic) bond motifs is 1. The number of aliphatic hydroxyl groups is 1. The number of para-hydroxylation sites is 1. The van der Waals surface area contributed by atoms with E-state index in [2.05, 4.69) is 10.6 Å². The maximum atomic E-state index is 12.0. The molecule has 0 aliphatic carbocycles. The molecule has 3 aromatic rings. The van der Waals surface area contributed by atoms with Crippen molar-refractivity contribution in [1.82, 2.24) is 9.88 Å². The molecule has 7 heteroatoms. The van der Waals surface area contributed by atoms with Crippen molar-refractivity contribution in [2.24, 2.45) is 7.05 Å². The number of aliphatic hydroxyl groups excluding tert-OH is 1. The van der Waals surface area contributed by atoms with E-state index in [0.29, 0.717) is 17.0 Å². The van der Waals surface area contributed by atoms with Gasteiger partial charge in [-0.05, 0) is 30.3 Å². The van der Waals surface area contributed by atoms with Crippen LogP contribution in [0.4, 0.5) is 5.69 Å². The molecule has 3 rings (SSSR count). The number of anilines is 1. The quantitative estimate of drug-likeness (QED) is 0.601. The average Bonchev–Trinajstić information content (AvgIpc) is 3.03. The van der Waals surface area contributed by atoms with Gasteiger partial charge in [0, 0.05) is 41.9 Å². The fraction of sp³-hybridized carbons (Fsp3) is 0.200. The molecule has 0 aliphatic rings. The first-order valence-electron chi connectivity index (χ1n) is 8.45. The highest BCUT2D eigenvalue weighted by atomic mass is 16.5. The molecule has 0 saturated heterocycles. The van der Waals surface area contributed by atoms with E-state index in [1.165, 1.54) is 0 Å². The maximum absolute atomic E-state index is 12.0. The van der Waals surface area contributed by atoms with Crippen molar-refractivity contribution in [3.63, 3.8) is 0 Å². The summed E-state index contributed by atoms with van der Waals surface area (Å²) in [6.07, 6.45) is 0.896. The van der Waals surface area contributed by atoms with E-state index in [-0.39, 0.29) is 6.54 Å². The van der Waals surface area contributed by atoms with Gasteiger partial charge in [-0.3, -0.25) is 9.59 Å². The van der Waals surface area contributed by atoms with Crippen LogP contribution in [-0.4, -0.2) is 35.1 Å². The van der Waals surface area contributed by atoms with Crippen LogP contribution in [0.1, 0.15) is 11.7 Å². The lowest BCUT2D eigenvalue weighted by atomic mass is 10.1. The second-order valence-electron chi connectivity index (χ2n) is 6.12. The van der Waals surface area contributed by atoms with Gasteiger partial charge in [-0.1, -0.05) is 18.2 Å². The third kappa shape index (κ3) is 4.09. The van der Waals surface area contributed by atoms with Crippen molar-refractivity contribution in [2.75, 3.05) is 19.0 Å². The number of hydrogen-bond acceptors (Lipinski definition) is 4. The molecular weight excluding hydrogens is 346 g/mol. The molecule has 0 saturated carbocycles. The van der Waals surface area contributed by atoms with Crippen LogP contribution < -0.4 is 15.4 Å². The molecule has 7 nitrogen and oxygen atoms in total. The van der Waals surface area contributed by atoms with E-state index >= 15 is 0 Å². The first-order valence-corrected chi connectivity index (χ1v) is 8.45. The number of methoxy groups -OCH3 is 1. The van der Waals surface area contributed by atoms with Crippen LogP contribution in [0.2, 0.25) is 0 Å². The SMILES string of the molecule is COc1ccc(NC(=O)C(=O)NCC(O)c2cn(C)c3ccccc23)cc1. The Balaban J connectivity index is 1.59. The molecule has 1 atom stereocenters. The summed E-state index contributed by atoms with van der Waals surface area (Å²) >= 11 is 0. The molecule has 1 unspecified atom stereocenters. The second kappa shape index (κ2) is 7.92. The number of aryl methyl sites for hydroxylation is 1. The highest BCUT2D eigenvalue weighted by Crippen LogP contribution is 2.25. The van der Waals surface area contributed by atoms with Crippen LogP contribution >= 0.6 is 0 Å². The van der Waals surface area contributed by atoms with Gasteiger partial charge in [-0.2, -0.15) is 0 Å². The van der Waals surface area contributed by atoms with E-state index < -0.39 is 17.9 Å². The minimum atomic E-state index is -0.922. The second-order valence-corrected chi connectivity index (χ2v) is 6.12. The molecule has 0 aliphatic heterocycles. The Kier molecular flexibility index (Phi) is 5.42. The fourth-order valence-electron chi connectivity index (χ4n) is 2.88. The number of nitrogens with zero attached hydrogens (tertiary/aromatic N) is 1. The lowest BCUT2D eigenvalue weighted by Crippen LogP contribution is -2.37. The Hall–Kier alpha value is -3.32. The van der Waals surface area contributed by atoms with Crippen LogP contribution in [0.25, 0.3) is 10.9 Å². The molecule has 0 bridgehead atoms. The van der Waals surface area contributed by atoms with Crippen molar-refractivity contribution in [1.29, 1.82) is 0 Å². The number of nitrogens with one attached hydrogen (secondary N) is 2. The number of hydrogen-bond donors (Lipinski definition) is 3. The summed E-state index contributed by atoms with van der Waals surface area (Å²) in [6.45, 7) is -0.0666. The van der Waals surface area contributed by atoms with Crippen molar-refractivity contribution < 1.29 is 19.4 Å². The highest BCUT2D eigenvalue weighted by molar-refractivity contribution is 6.39. The Labute approximate surface area is 156 Å². The van der Waals surface area contributed by atoms with Gasteiger partial charge in [0.1, 0.15) is 5.75 Å². The Bertz CT molecular complexity index is 963. The number of carbonyl (C=O) groups excluding carboxylic acids is 2. The molecular formula is C20H21N3O4. The molecule has 2 aromatic carbocycles. The number of aromatic nitrogens is 1. The van der Waals surface area contributed by atoms with Gasteiger partial charge in [0.25, 0.3) is 0 Å². The maximum Gasteiger partial charge on any atom is 0.313 e. The van der Waals surface area contributed by atoms with E-state index in [1.807, 2.05) is 42.1 Å². The molecule has 2 amide bonds. The van der Waals surface area contributed by atoms with Crippen molar-refractivity contribution in [3.8, 4) is 5.75 Å². The number of rotatable bonds is 5. The smallest absolute Gasteiger partial charge is 0.313 e. The number of benzene rings is 2. The zero-order chi connectivity index (χ0) is 19.4. The standard InChI is InChI=1S/C20H21N3O4/c1-23-12-16(15-5-3-4-6-17(15)23)18(24)11-21-19(25)20(26)22-13-7-9-14(27-2)10-8-13/h3-10,12,18,24H,11H2,1-2H3,(H,21,25)(H,22,26). The fourth-order valence-corrected chi connectivity index (χ4v) is 2.88. The van der Waals surface area contributed by atoms with E-state index in [9.17, 15) is 14.7 Å². The lowest BCUT2D eigenvalue weighted by molar-refractivity contribution is -0.136. The van der Waals surface area contributed by atoms with Gasteiger partial charge >= 0.3 is 11.8 Å². The number of ether oxygens (including phenoxy) is 1. The first-order chi connectivity index (χ1) is 13.0. The van der Waals surface area contributed by atoms with E-state index in [1.54, 1.807) is 31.4 Å². The molecule has 0 fully saturated rings. The van der Waals surface area contributed by atoms with Gasteiger partial charge in [-0.25, -0.2) is 0 Å². The third-order valence-electron chi connectivity index (χ3n) is 4.30. The first kappa shape index (κ1) is 18.5. The van der Waals surface area contributed by atoms with Gasteiger partial charge < -0.3 is 25.0 Å². The Morgan fingerprint density at radius 3 is 2.52 bits per heavy atom. The van der Waals surface area contributed by atoms with Crippen LogP contribution in [0.15, 0.2) is 54.7 Å². The summed E-state index contributed by atoms with van der Waals surface area (Å²) in [5, 5.41) is 16.3. The normalized spacial score (nSPS) is 11.8. The summed E-state index contributed by atoms with van der Waals surface area (Å²) in [6, 6.07) is 14.3. The van der Waals surface area contributed by atoms with E-state index in [4.69, 9.17) is 4.74 Å².